The van der Waals surface area contributed by atoms with E-state index in [4.69, 9.17) is 0 Å². The minimum atomic E-state index is -0.336. The lowest BCUT2D eigenvalue weighted by Crippen LogP contribution is -2.40. The van der Waals surface area contributed by atoms with E-state index in [-0.39, 0.29) is 23.8 Å². The maximum atomic E-state index is 12.7. The summed E-state index contributed by atoms with van der Waals surface area (Å²) in [5, 5.41) is 4.14. The third-order valence-electron chi connectivity index (χ3n) is 4.46. The van der Waals surface area contributed by atoms with Crippen LogP contribution in [-0.4, -0.2) is 39.0 Å². The van der Waals surface area contributed by atoms with E-state index in [2.05, 4.69) is 5.10 Å². The molecule has 1 fully saturated rings. The molecule has 1 aromatic heterocycles. The van der Waals surface area contributed by atoms with Crippen molar-refractivity contribution < 1.29 is 9.59 Å². The molecule has 0 bridgehead atoms. The summed E-state index contributed by atoms with van der Waals surface area (Å²) in [4.78, 5) is 27.0. The molecule has 1 aliphatic rings. The fourth-order valence-electron chi connectivity index (χ4n) is 3.16. The fourth-order valence-corrected chi connectivity index (χ4v) is 3.16. The van der Waals surface area contributed by atoms with Crippen LogP contribution in [0.1, 0.15) is 42.6 Å². The number of carbonyl (C=O) groups is 2. The zero-order valence-corrected chi connectivity index (χ0v) is 13.3. The zero-order chi connectivity index (χ0) is 16.2. The van der Waals surface area contributed by atoms with Crippen LogP contribution in [0.15, 0.2) is 48.8 Å². The van der Waals surface area contributed by atoms with Gasteiger partial charge in [0.05, 0.1) is 0 Å². The summed E-state index contributed by atoms with van der Waals surface area (Å²) in [6.45, 7) is 2.57. The van der Waals surface area contributed by atoms with Gasteiger partial charge in [-0.05, 0) is 25.8 Å². The standard InChI is InChI=1S/C18H21N3O2/c1-14(21-12-6-10-19-21)18(23)20-11-5-9-16(20)13-17(22)15-7-3-2-4-8-15/h2-4,6-8,10,12,14,16H,5,9,11,13H2,1H3/t14-,16-/m1/s1. The number of ketones is 1. The Labute approximate surface area is 135 Å². The van der Waals surface area contributed by atoms with E-state index in [1.807, 2.05) is 48.2 Å². The fraction of sp³-hybridized carbons (Fsp3) is 0.389. The van der Waals surface area contributed by atoms with Crippen LogP contribution in [0.3, 0.4) is 0 Å². The molecular formula is C18H21N3O2. The number of hydrogen-bond acceptors (Lipinski definition) is 3. The molecule has 5 nitrogen and oxygen atoms in total. The van der Waals surface area contributed by atoms with Crippen molar-refractivity contribution >= 4 is 11.7 Å². The first kappa shape index (κ1) is 15.5. The molecule has 2 aromatic rings. The van der Waals surface area contributed by atoms with E-state index in [1.165, 1.54) is 0 Å². The molecule has 0 unspecified atom stereocenters. The minimum Gasteiger partial charge on any atom is -0.337 e. The minimum absolute atomic E-state index is 0.00628. The maximum Gasteiger partial charge on any atom is 0.247 e. The van der Waals surface area contributed by atoms with Crippen molar-refractivity contribution in [3.05, 3.63) is 54.4 Å². The van der Waals surface area contributed by atoms with Crippen molar-refractivity contribution in [2.45, 2.75) is 38.3 Å². The van der Waals surface area contributed by atoms with Crippen LogP contribution in [0.25, 0.3) is 0 Å². The maximum absolute atomic E-state index is 12.7. The second-order valence-electron chi connectivity index (χ2n) is 5.98. The van der Waals surface area contributed by atoms with Gasteiger partial charge in [-0.15, -0.1) is 0 Å². The number of amides is 1. The van der Waals surface area contributed by atoms with Crippen LogP contribution in [0.5, 0.6) is 0 Å². The van der Waals surface area contributed by atoms with Gasteiger partial charge in [0.2, 0.25) is 5.91 Å². The monoisotopic (exact) mass is 311 g/mol. The lowest BCUT2D eigenvalue weighted by atomic mass is 10.0. The first-order valence-electron chi connectivity index (χ1n) is 8.04. The highest BCUT2D eigenvalue weighted by molar-refractivity contribution is 5.96. The molecule has 1 amide bonds. The van der Waals surface area contributed by atoms with Crippen LogP contribution in [0.4, 0.5) is 0 Å². The Bertz CT molecular complexity index is 667. The second-order valence-corrected chi connectivity index (χ2v) is 5.98. The van der Waals surface area contributed by atoms with Gasteiger partial charge in [0.15, 0.2) is 5.78 Å². The average molecular weight is 311 g/mol. The van der Waals surface area contributed by atoms with Gasteiger partial charge in [0, 0.05) is 37.0 Å². The van der Waals surface area contributed by atoms with Gasteiger partial charge >= 0.3 is 0 Å². The van der Waals surface area contributed by atoms with E-state index >= 15 is 0 Å². The summed E-state index contributed by atoms with van der Waals surface area (Å²) in [5.74, 6) is 0.138. The molecule has 3 rings (SSSR count). The summed E-state index contributed by atoms with van der Waals surface area (Å²) in [6, 6.07) is 10.8. The zero-order valence-electron chi connectivity index (χ0n) is 13.3. The van der Waals surface area contributed by atoms with E-state index < -0.39 is 0 Å². The lowest BCUT2D eigenvalue weighted by Gasteiger charge is -2.27. The summed E-state index contributed by atoms with van der Waals surface area (Å²) in [7, 11) is 0. The highest BCUT2D eigenvalue weighted by Gasteiger charge is 2.33. The molecule has 2 heterocycles. The first-order chi connectivity index (χ1) is 11.2. The quantitative estimate of drug-likeness (QED) is 0.798. The third kappa shape index (κ3) is 3.33. The number of likely N-dealkylation sites (tertiary alicyclic amines) is 1. The molecule has 1 aliphatic heterocycles. The second kappa shape index (κ2) is 6.77. The molecule has 5 heteroatoms. The molecule has 2 atom stereocenters. The number of hydrogen-bond donors (Lipinski definition) is 0. The molecular weight excluding hydrogens is 290 g/mol. The van der Waals surface area contributed by atoms with Gasteiger partial charge in [-0.25, -0.2) is 0 Å². The predicted molar refractivity (Wildman–Crippen MR) is 87.1 cm³/mol. The SMILES string of the molecule is C[C@H](C(=O)N1CCC[C@@H]1CC(=O)c1ccccc1)n1cccn1. The Morgan fingerprint density at radius 1 is 1.26 bits per heavy atom. The van der Waals surface area contributed by atoms with Crippen LogP contribution >= 0.6 is 0 Å². The smallest absolute Gasteiger partial charge is 0.247 e. The summed E-state index contributed by atoms with van der Waals surface area (Å²) in [6.07, 6.45) is 5.69. The Balaban J connectivity index is 1.68. The van der Waals surface area contributed by atoms with Crippen molar-refractivity contribution in [2.75, 3.05) is 6.54 Å². The van der Waals surface area contributed by atoms with E-state index in [1.54, 1.807) is 17.1 Å². The molecule has 0 saturated carbocycles. The van der Waals surface area contributed by atoms with Crippen molar-refractivity contribution in [1.82, 2.24) is 14.7 Å². The van der Waals surface area contributed by atoms with E-state index in [9.17, 15) is 9.59 Å². The molecule has 0 spiro atoms. The van der Waals surface area contributed by atoms with Gasteiger partial charge in [0.1, 0.15) is 6.04 Å². The number of rotatable bonds is 5. The van der Waals surface area contributed by atoms with Crippen LogP contribution in [0, 0.1) is 0 Å². The Kier molecular flexibility index (Phi) is 4.55. The van der Waals surface area contributed by atoms with Crippen molar-refractivity contribution in [1.29, 1.82) is 0 Å². The average Bonchev–Trinajstić information content (AvgIpc) is 3.26. The summed E-state index contributed by atoms with van der Waals surface area (Å²) >= 11 is 0. The molecule has 23 heavy (non-hydrogen) atoms. The molecule has 120 valence electrons. The lowest BCUT2D eigenvalue weighted by molar-refractivity contribution is -0.135. The molecule has 0 N–H and O–H groups in total. The highest BCUT2D eigenvalue weighted by atomic mass is 16.2. The summed E-state index contributed by atoms with van der Waals surface area (Å²) < 4.78 is 1.66. The Hall–Kier alpha value is -2.43. The van der Waals surface area contributed by atoms with Crippen molar-refractivity contribution in [3.8, 4) is 0 Å². The van der Waals surface area contributed by atoms with E-state index in [0.29, 0.717) is 12.0 Å². The number of nitrogens with zero attached hydrogens (tertiary/aromatic N) is 3. The van der Waals surface area contributed by atoms with Gasteiger partial charge in [-0.2, -0.15) is 5.10 Å². The Morgan fingerprint density at radius 3 is 2.74 bits per heavy atom. The number of aromatic nitrogens is 2. The summed E-state index contributed by atoms with van der Waals surface area (Å²) in [5.41, 5.74) is 0.715. The normalized spacial score (nSPS) is 18.8. The third-order valence-corrected chi connectivity index (χ3v) is 4.46. The first-order valence-corrected chi connectivity index (χ1v) is 8.04. The van der Waals surface area contributed by atoms with Crippen LogP contribution < -0.4 is 0 Å². The van der Waals surface area contributed by atoms with Crippen molar-refractivity contribution in [3.63, 3.8) is 0 Å². The number of carbonyl (C=O) groups excluding carboxylic acids is 2. The van der Waals surface area contributed by atoms with Crippen molar-refractivity contribution in [2.24, 2.45) is 0 Å². The van der Waals surface area contributed by atoms with Gasteiger partial charge in [-0.1, -0.05) is 30.3 Å². The van der Waals surface area contributed by atoms with E-state index in [0.717, 1.165) is 19.4 Å². The Morgan fingerprint density at radius 2 is 2.04 bits per heavy atom. The van der Waals surface area contributed by atoms with Gasteiger partial charge < -0.3 is 4.90 Å². The topological polar surface area (TPSA) is 55.2 Å². The van der Waals surface area contributed by atoms with Crippen LogP contribution in [0.2, 0.25) is 0 Å². The highest BCUT2D eigenvalue weighted by Crippen LogP contribution is 2.25. The number of Topliss-reactive ketones (excluding diaryl/α,β-unsaturated/α-hetero) is 1. The van der Waals surface area contributed by atoms with Crippen LogP contribution in [-0.2, 0) is 4.79 Å². The molecule has 0 radical (unpaired) electrons. The molecule has 1 aromatic carbocycles. The predicted octanol–water partition coefficient (Wildman–Crippen LogP) is 2.71. The molecule has 0 aliphatic carbocycles. The molecule has 1 saturated heterocycles. The van der Waals surface area contributed by atoms with Gasteiger partial charge in [0.25, 0.3) is 0 Å². The largest absolute Gasteiger partial charge is 0.337 e. The van der Waals surface area contributed by atoms with Gasteiger partial charge in [-0.3, -0.25) is 14.3 Å². The number of benzene rings is 1.